The third-order valence-electron chi connectivity index (χ3n) is 5.80. The highest BCUT2D eigenvalue weighted by atomic mass is 16.5. The van der Waals surface area contributed by atoms with Gasteiger partial charge in [-0.15, -0.1) is 0 Å². The Morgan fingerprint density at radius 1 is 1.00 bits per heavy atom. The van der Waals surface area contributed by atoms with Crippen LogP contribution in [0.25, 0.3) is 5.69 Å². The molecule has 186 valence electrons. The van der Waals surface area contributed by atoms with Gasteiger partial charge in [-0.25, -0.2) is 9.48 Å². The highest BCUT2D eigenvalue weighted by molar-refractivity contribution is 5.96. The second kappa shape index (κ2) is 10.5. The molecule has 9 heteroatoms. The van der Waals surface area contributed by atoms with E-state index in [9.17, 15) is 9.59 Å². The first-order chi connectivity index (χ1) is 17.2. The van der Waals surface area contributed by atoms with Crippen molar-refractivity contribution in [2.75, 3.05) is 11.9 Å². The molecular formula is C27H28N4O5. The monoisotopic (exact) mass is 488 g/mol. The number of hydrogen-bond donors (Lipinski definition) is 1. The molecule has 0 saturated heterocycles. The fraction of sp³-hybridized carbons (Fsp3) is 0.259. The number of esters is 1. The Morgan fingerprint density at radius 3 is 2.44 bits per heavy atom. The van der Waals surface area contributed by atoms with Crippen LogP contribution in [0, 0.1) is 34.6 Å². The zero-order chi connectivity index (χ0) is 25.8. The van der Waals surface area contributed by atoms with Gasteiger partial charge < -0.3 is 19.3 Å². The number of amides is 1. The van der Waals surface area contributed by atoms with E-state index in [-0.39, 0.29) is 12.2 Å². The van der Waals surface area contributed by atoms with Crippen molar-refractivity contribution in [2.24, 2.45) is 0 Å². The maximum Gasteiger partial charge on any atom is 0.338 e. The summed E-state index contributed by atoms with van der Waals surface area (Å²) < 4.78 is 17.9. The van der Waals surface area contributed by atoms with E-state index < -0.39 is 18.5 Å². The van der Waals surface area contributed by atoms with Gasteiger partial charge in [-0.05, 0) is 65.0 Å². The van der Waals surface area contributed by atoms with E-state index in [0.29, 0.717) is 22.9 Å². The Labute approximate surface area is 209 Å². The van der Waals surface area contributed by atoms with Crippen LogP contribution in [0.3, 0.4) is 0 Å². The lowest BCUT2D eigenvalue weighted by molar-refractivity contribution is -0.119. The third-order valence-corrected chi connectivity index (χ3v) is 5.80. The number of rotatable bonds is 8. The second-order valence-corrected chi connectivity index (χ2v) is 8.54. The van der Waals surface area contributed by atoms with Crippen LogP contribution in [0.2, 0.25) is 0 Å². The van der Waals surface area contributed by atoms with Crippen LogP contribution in [0.5, 0.6) is 5.75 Å². The highest BCUT2D eigenvalue weighted by Crippen LogP contribution is 2.23. The van der Waals surface area contributed by atoms with Crippen LogP contribution >= 0.6 is 0 Å². The van der Waals surface area contributed by atoms with Crippen molar-refractivity contribution in [2.45, 2.75) is 41.2 Å². The molecule has 0 atom stereocenters. The first kappa shape index (κ1) is 24.7. The number of nitrogens with zero attached hydrogens (tertiary/aromatic N) is 3. The quantitative estimate of drug-likeness (QED) is 0.356. The second-order valence-electron chi connectivity index (χ2n) is 8.54. The van der Waals surface area contributed by atoms with E-state index in [1.165, 1.54) is 0 Å². The van der Waals surface area contributed by atoms with Gasteiger partial charge in [0.15, 0.2) is 6.61 Å². The van der Waals surface area contributed by atoms with Crippen molar-refractivity contribution < 1.29 is 23.6 Å². The number of ether oxygens (including phenoxy) is 2. The van der Waals surface area contributed by atoms with E-state index in [0.717, 1.165) is 28.2 Å². The molecule has 0 radical (unpaired) electrons. The van der Waals surface area contributed by atoms with Crippen molar-refractivity contribution in [3.8, 4) is 11.4 Å². The summed E-state index contributed by atoms with van der Waals surface area (Å²) in [6.45, 7) is 9.18. The molecular weight excluding hydrogens is 460 g/mol. The van der Waals surface area contributed by atoms with Crippen LogP contribution in [0.15, 0.2) is 53.1 Å². The summed E-state index contributed by atoms with van der Waals surface area (Å²) in [6.07, 6.45) is 0. The Hall–Kier alpha value is -4.40. The largest absolute Gasteiger partial charge is 0.489 e. The number of carbonyl (C=O) groups excluding carboxylic acids is 2. The fourth-order valence-corrected chi connectivity index (χ4v) is 3.73. The molecule has 1 N–H and O–H groups in total. The van der Waals surface area contributed by atoms with E-state index in [4.69, 9.17) is 14.0 Å². The summed E-state index contributed by atoms with van der Waals surface area (Å²) in [7, 11) is 0. The molecule has 0 spiro atoms. The smallest absolute Gasteiger partial charge is 0.338 e. The first-order valence-electron chi connectivity index (χ1n) is 11.5. The Bertz CT molecular complexity index is 1380. The van der Waals surface area contributed by atoms with Crippen LogP contribution in [-0.4, -0.2) is 33.4 Å². The maximum absolute atomic E-state index is 12.5. The molecule has 0 bridgehead atoms. The number of nitrogens with one attached hydrogen (secondary N) is 1. The average Bonchev–Trinajstić information content (AvgIpc) is 3.34. The third kappa shape index (κ3) is 5.46. The zero-order valence-electron chi connectivity index (χ0n) is 20.9. The maximum atomic E-state index is 12.5. The van der Waals surface area contributed by atoms with Gasteiger partial charge >= 0.3 is 5.97 Å². The SMILES string of the molecule is Cc1ccc(-n2nc(C)c(NC(=O)COC(=O)c3cccc(OCc4c(C)noc4C)c3)c2C)cc1. The van der Waals surface area contributed by atoms with Crippen LogP contribution < -0.4 is 10.1 Å². The van der Waals surface area contributed by atoms with E-state index >= 15 is 0 Å². The molecule has 36 heavy (non-hydrogen) atoms. The molecule has 0 aliphatic heterocycles. The predicted octanol–water partition coefficient (Wildman–Crippen LogP) is 4.78. The van der Waals surface area contributed by atoms with Gasteiger partial charge in [0, 0.05) is 0 Å². The average molecular weight is 489 g/mol. The number of carbonyl (C=O) groups is 2. The normalized spacial score (nSPS) is 10.8. The molecule has 0 unspecified atom stereocenters. The molecule has 2 aromatic heterocycles. The Kier molecular flexibility index (Phi) is 7.19. The molecule has 0 fully saturated rings. The van der Waals surface area contributed by atoms with E-state index in [1.54, 1.807) is 28.9 Å². The topological polar surface area (TPSA) is 108 Å². The van der Waals surface area contributed by atoms with Crippen molar-refractivity contribution in [3.05, 3.63) is 88.1 Å². The summed E-state index contributed by atoms with van der Waals surface area (Å²) in [5.41, 5.74) is 5.96. The summed E-state index contributed by atoms with van der Waals surface area (Å²) in [5, 5.41) is 11.2. The summed E-state index contributed by atoms with van der Waals surface area (Å²) >= 11 is 0. The van der Waals surface area contributed by atoms with Gasteiger partial charge in [0.05, 0.1) is 39.6 Å². The van der Waals surface area contributed by atoms with Gasteiger partial charge in [0.25, 0.3) is 5.91 Å². The molecule has 0 aliphatic carbocycles. The van der Waals surface area contributed by atoms with Gasteiger partial charge in [0.2, 0.25) is 0 Å². The Balaban J connectivity index is 1.35. The number of anilines is 1. The van der Waals surface area contributed by atoms with Crippen molar-refractivity contribution in [1.82, 2.24) is 14.9 Å². The Morgan fingerprint density at radius 2 is 1.75 bits per heavy atom. The van der Waals surface area contributed by atoms with Crippen LogP contribution in [-0.2, 0) is 16.1 Å². The number of aromatic nitrogens is 3. The molecule has 2 aromatic carbocycles. The molecule has 0 aliphatic rings. The van der Waals surface area contributed by atoms with Gasteiger partial charge in [-0.1, -0.05) is 28.9 Å². The molecule has 4 aromatic rings. The summed E-state index contributed by atoms with van der Waals surface area (Å²) in [5.74, 6) is 0.0909. The number of hydrogen-bond acceptors (Lipinski definition) is 7. The van der Waals surface area contributed by atoms with Gasteiger partial charge in [-0.3, -0.25) is 4.79 Å². The molecule has 1 amide bonds. The molecule has 2 heterocycles. The lowest BCUT2D eigenvalue weighted by Gasteiger charge is -2.09. The predicted molar refractivity (Wildman–Crippen MR) is 133 cm³/mol. The fourth-order valence-electron chi connectivity index (χ4n) is 3.73. The van der Waals surface area contributed by atoms with Crippen LogP contribution in [0.1, 0.15) is 44.3 Å². The number of aryl methyl sites for hydroxylation is 4. The van der Waals surface area contributed by atoms with Crippen molar-refractivity contribution in [1.29, 1.82) is 0 Å². The summed E-state index contributed by atoms with van der Waals surface area (Å²) in [6, 6.07) is 14.5. The minimum atomic E-state index is -0.628. The minimum absolute atomic E-state index is 0.261. The first-order valence-corrected chi connectivity index (χ1v) is 11.5. The molecule has 9 nitrogen and oxygen atoms in total. The van der Waals surface area contributed by atoms with E-state index in [1.807, 2.05) is 58.9 Å². The van der Waals surface area contributed by atoms with E-state index in [2.05, 4.69) is 15.6 Å². The highest BCUT2D eigenvalue weighted by Gasteiger charge is 2.17. The zero-order valence-corrected chi connectivity index (χ0v) is 20.9. The standard InChI is InChI=1S/C27H28N4O5/c1-16-9-11-22(12-10-16)31-19(4)26(18(3)29-31)28-25(32)15-35-27(33)21-7-6-8-23(13-21)34-14-24-17(2)30-36-20(24)5/h6-13H,14-15H2,1-5H3,(H,28,32). The molecule has 4 rings (SSSR count). The van der Waals surface area contributed by atoms with Crippen molar-refractivity contribution in [3.63, 3.8) is 0 Å². The van der Waals surface area contributed by atoms with Gasteiger partial charge in [0.1, 0.15) is 18.1 Å². The molecule has 0 saturated carbocycles. The lowest BCUT2D eigenvalue weighted by atomic mass is 10.2. The van der Waals surface area contributed by atoms with Crippen LogP contribution in [0.4, 0.5) is 5.69 Å². The van der Waals surface area contributed by atoms with Crippen molar-refractivity contribution >= 4 is 17.6 Å². The lowest BCUT2D eigenvalue weighted by Crippen LogP contribution is -2.21. The summed E-state index contributed by atoms with van der Waals surface area (Å²) in [4.78, 5) is 25.1. The van der Waals surface area contributed by atoms with Gasteiger partial charge in [-0.2, -0.15) is 5.10 Å². The number of benzene rings is 2. The minimum Gasteiger partial charge on any atom is -0.489 e.